The van der Waals surface area contributed by atoms with Crippen LogP contribution in [-0.2, 0) is 0 Å². The van der Waals surface area contributed by atoms with Crippen molar-refractivity contribution in [2.24, 2.45) is 11.1 Å². The molecule has 0 saturated carbocycles. The first-order chi connectivity index (χ1) is 5.35. The first kappa shape index (κ1) is 11.0. The van der Waals surface area contributed by atoms with Gasteiger partial charge in [0.25, 0.3) is 0 Å². The summed E-state index contributed by atoms with van der Waals surface area (Å²) in [6, 6.07) is 0. The van der Waals surface area contributed by atoms with E-state index >= 15 is 0 Å². The summed E-state index contributed by atoms with van der Waals surface area (Å²) in [6.07, 6.45) is 4.47. The molecule has 0 bridgehead atoms. The maximum atomic E-state index is 5.79. The maximum Gasteiger partial charge on any atom is 0.00915 e. The van der Waals surface area contributed by atoms with E-state index in [2.05, 4.69) is 33.9 Å². The molecule has 0 spiro atoms. The maximum absolute atomic E-state index is 5.79. The molecule has 0 atom stereocenters. The fourth-order valence-electron chi connectivity index (χ4n) is 0.960. The minimum Gasteiger partial charge on any atom is -0.402 e. The van der Waals surface area contributed by atoms with Gasteiger partial charge in [0, 0.05) is 5.70 Å². The quantitative estimate of drug-likeness (QED) is 0.639. The van der Waals surface area contributed by atoms with Gasteiger partial charge in [-0.2, -0.15) is 0 Å². The molecule has 0 heterocycles. The SMILES string of the molecule is C=CC(=C)/C=C(/N)CC(C)(C)C. The van der Waals surface area contributed by atoms with Crippen molar-refractivity contribution in [2.45, 2.75) is 27.2 Å². The van der Waals surface area contributed by atoms with Crippen LogP contribution in [0.2, 0.25) is 0 Å². The molecule has 0 saturated heterocycles. The molecule has 12 heavy (non-hydrogen) atoms. The molecule has 0 radical (unpaired) electrons. The molecular formula is C11H19N. The van der Waals surface area contributed by atoms with Crippen molar-refractivity contribution < 1.29 is 0 Å². The lowest BCUT2D eigenvalue weighted by atomic mass is 9.90. The topological polar surface area (TPSA) is 26.0 Å². The highest BCUT2D eigenvalue weighted by Gasteiger charge is 2.10. The average molecular weight is 165 g/mol. The Labute approximate surface area is 75.7 Å². The van der Waals surface area contributed by atoms with Gasteiger partial charge in [0.15, 0.2) is 0 Å². The predicted octanol–water partition coefficient (Wildman–Crippen LogP) is 3.01. The van der Waals surface area contributed by atoms with E-state index in [0.717, 1.165) is 17.7 Å². The molecule has 0 aliphatic rings. The van der Waals surface area contributed by atoms with E-state index in [-0.39, 0.29) is 5.41 Å². The highest BCUT2D eigenvalue weighted by atomic mass is 14.6. The Balaban J connectivity index is 4.21. The minimum atomic E-state index is 0.238. The largest absolute Gasteiger partial charge is 0.402 e. The second-order valence-electron chi connectivity index (χ2n) is 4.24. The Morgan fingerprint density at radius 2 is 1.92 bits per heavy atom. The van der Waals surface area contributed by atoms with Gasteiger partial charge in [-0.25, -0.2) is 0 Å². The molecule has 1 heteroatoms. The Bertz CT molecular complexity index is 204. The van der Waals surface area contributed by atoms with Crippen LogP contribution in [0, 0.1) is 5.41 Å². The third kappa shape index (κ3) is 5.78. The molecule has 68 valence electrons. The van der Waals surface area contributed by atoms with Crippen molar-refractivity contribution in [3.63, 3.8) is 0 Å². The summed E-state index contributed by atoms with van der Waals surface area (Å²) < 4.78 is 0. The monoisotopic (exact) mass is 165 g/mol. The van der Waals surface area contributed by atoms with E-state index in [9.17, 15) is 0 Å². The molecule has 0 rings (SSSR count). The van der Waals surface area contributed by atoms with Crippen molar-refractivity contribution in [2.75, 3.05) is 0 Å². The van der Waals surface area contributed by atoms with E-state index in [1.165, 1.54) is 0 Å². The lowest BCUT2D eigenvalue weighted by Gasteiger charge is -2.17. The molecule has 0 unspecified atom stereocenters. The van der Waals surface area contributed by atoms with E-state index in [4.69, 9.17) is 5.73 Å². The van der Waals surface area contributed by atoms with Crippen molar-refractivity contribution in [3.05, 3.63) is 36.6 Å². The summed E-state index contributed by atoms with van der Waals surface area (Å²) in [7, 11) is 0. The first-order valence-electron chi connectivity index (χ1n) is 4.12. The Morgan fingerprint density at radius 1 is 1.42 bits per heavy atom. The van der Waals surface area contributed by atoms with Crippen LogP contribution >= 0.6 is 0 Å². The Kier molecular flexibility index (Phi) is 3.81. The molecule has 0 amide bonds. The minimum absolute atomic E-state index is 0.238. The number of rotatable bonds is 3. The summed E-state index contributed by atoms with van der Waals surface area (Å²) in [4.78, 5) is 0. The number of nitrogens with two attached hydrogens (primary N) is 1. The summed E-state index contributed by atoms with van der Waals surface area (Å²) in [6.45, 7) is 13.9. The van der Waals surface area contributed by atoms with Crippen LogP contribution in [0.3, 0.4) is 0 Å². The second-order valence-corrected chi connectivity index (χ2v) is 4.24. The standard InChI is InChI=1S/C11H19N/c1-6-9(2)7-10(12)8-11(3,4)5/h6-7H,1-2,8,12H2,3-5H3/b10-7+. The smallest absolute Gasteiger partial charge is 0.00915 e. The van der Waals surface area contributed by atoms with Gasteiger partial charge in [-0.3, -0.25) is 0 Å². The zero-order chi connectivity index (χ0) is 9.78. The molecule has 1 nitrogen and oxygen atoms in total. The summed E-state index contributed by atoms with van der Waals surface area (Å²) in [5.41, 5.74) is 7.77. The third-order valence-electron chi connectivity index (χ3n) is 1.37. The Hall–Kier alpha value is -0.980. The zero-order valence-corrected chi connectivity index (χ0v) is 8.35. The van der Waals surface area contributed by atoms with Gasteiger partial charge in [0.2, 0.25) is 0 Å². The summed E-state index contributed by atoms with van der Waals surface area (Å²) >= 11 is 0. The van der Waals surface area contributed by atoms with Crippen molar-refractivity contribution in [3.8, 4) is 0 Å². The van der Waals surface area contributed by atoms with Gasteiger partial charge >= 0.3 is 0 Å². The molecule has 0 fully saturated rings. The first-order valence-corrected chi connectivity index (χ1v) is 4.12. The molecule has 0 aromatic heterocycles. The summed E-state index contributed by atoms with van der Waals surface area (Å²) in [5.74, 6) is 0. The van der Waals surface area contributed by atoms with Gasteiger partial charge in [-0.15, -0.1) is 0 Å². The lowest BCUT2D eigenvalue weighted by Crippen LogP contribution is -2.11. The van der Waals surface area contributed by atoms with Gasteiger partial charge in [-0.05, 0) is 23.5 Å². The number of hydrogen-bond donors (Lipinski definition) is 1. The van der Waals surface area contributed by atoms with Crippen LogP contribution in [0.5, 0.6) is 0 Å². The van der Waals surface area contributed by atoms with E-state index in [1.807, 2.05) is 6.08 Å². The van der Waals surface area contributed by atoms with Crippen LogP contribution in [0.4, 0.5) is 0 Å². The summed E-state index contributed by atoms with van der Waals surface area (Å²) in [5, 5.41) is 0. The normalized spacial score (nSPS) is 12.8. The molecule has 0 aliphatic carbocycles. The highest BCUT2D eigenvalue weighted by Crippen LogP contribution is 2.21. The van der Waals surface area contributed by atoms with Crippen LogP contribution in [0.25, 0.3) is 0 Å². The third-order valence-corrected chi connectivity index (χ3v) is 1.37. The van der Waals surface area contributed by atoms with Crippen molar-refractivity contribution in [1.82, 2.24) is 0 Å². The molecule has 0 aromatic carbocycles. The van der Waals surface area contributed by atoms with E-state index < -0.39 is 0 Å². The van der Waals surface area contributed by atoms with Gasteiger partial charge in [0.1, 0.15) is 0 Å². The molecule has 0 aliphatic heterocycles. The zero-order valence-electron chi connectivity index (χ0n) is 8.35. The van der Waals surface area contributed by atoms with E-state index in [1.54, 1.807) is 6.08 Å². The highest BCUT2D eigenvalue weighted by molar-refractivity contribution is 5.28. The van der Waals surface area contributed by atoms with Crippen molar-refractivity contribution in [1.29, 1.82) is 0 Å². The van der Waals surface area contributed by atoms with Crippen LogP contribution < -0.4 is 5.73 Å². The van der Waals surface area contributed by atoms with E-state index in [0.29, 0.717) is 0 Å². The van der Waals surface area contributed by atoms with Crippen LogP contribution in [0.1, 0.15) is 27.2 Å². The fourth-order valence-corrected chi connectivity index (χ4v) is 0.960. The molecular weight excluding hydrogens is 146 g/mol. The van der Waals surface area contributed by atoms with Gasteiger partial charge < -0.3 is 5.73 Å². The second kappa shape index (κ2) is 4.15. The van der Waals surface area contributed by atoms with Gasteiger partial charge in [-0.1, -0.05) is 40.0 Å². The number of hydrogen-bond acceptors (Lipinski definition) is 1. The number of allylic oxidation sites excluding steroid dienone is 4. The van der Waals surface area contributed by atoms with Gasteiger partial charge in [0.05, 0.1) is 0 Å². The lowest BCUT2D eigenvalue weighted by molar-refractivity contribution is 0.408. The molecule has 0 aromatic rings. The van der Waals surface area contributed by atoms with Crippen molar-refractivity contribution >= 4 is 0 Å². The molecule has 2 N–H and O–H groups in total. The van der Waals surface area contributed by atoms with Crippen LogP contribution in [0.15, 0.2) is 36.6 Å². The predicted molar refractivity (Wildman–Crippen MR) is 55.7 cm³/mol. The average Bonchev–Trinajstić information content (AvgIpc) is 1.82. The van der Waals surface area contributed by atoms with Crippen LogP contribution in [-0.4, -0.2) is 0 Å². The fraction of sp³-hybridized carbons (Fsp3) is 0.455. The Morgan fingerprint density at radius 3 is 2.25 bits per heavy atom.